The number of halogens is 3. The predicted octanol–water partition coefficient (Wildman–Crippen LogP) is 2.38. The summed E-state index contributed by atoms with van der Waals surface area (Å²) in [6.07, 6.45) is -3.51. The molecule has 1 aromatic rings. The van der Waals surface area contributed by atoms with Crippen molar-refractivity contribution in [3.63, 3.8) is 0 Å². The number of hydrogen-bond donors (Lipinski definition) is 1. The molecule has 1 aliphatic rings. The Morgan fingerprint density at radius 1 is 1.20 bits per heavy atom. The molecule has 0 radical (unpaired) electrons. The van der Waals surface area contributed by atoms with Crippen LogP contribution < -0.4 is 10.2 Å². The number of nitrogens with one attached hydrogen (secondary N) is 1. The standard InChI is InChI=1S/C17H25F3N4O/c1-12(2)13(3)22-16(25)11-23-6-8-24(9-7-23)15-5-4-14(10-21-15)17(18,19)20/h4-5,10,12-13H,6-9,11H2,1-3H3,(H,22,25)/t13-/m1/s1. The van der Waals surface area contributed by atoms with Gasteiger partial charge in [0.1, 0.15) is 5.82 Å². The molecule has 2 rings (SSSR count). The molecule has 0 aromatic carbocycles. The topological polar surface area (TPSA) is 48.5 Å². The Labute approximate surface area is 146 Å². The van der Waals surface area contributed by atoms with Gasteiger partial charge in [-0.05, 0) is 25.0 Å². The molecule has 8 heteroatoms. The molecule has 1 atom stereocenters. The minimum atomic E-state index is -4.37. The fourth-order valence-corrected chi connectivity index (χ4v) is 2.55. The van der Waals surface area contributed by atoms with Gasteiger partial charge in [0.05, 0.1) is 12.1 Å². The number of anilines is 1. The van der Waals surface area contributed by atoms with E-state index in [1.807, 2.05) is 16.7 Å². The van der Waals surface area contributed by atoms with Crippen LogP contribution in [0.3, 0.4) is 0 Å². The molecule has 0 unspecified atom stereocenters. The predicted molar refractivity (Wildman–Crippen MR) is 90.3 cm³/mol. The van der Waals surface area contributed by atoms with E-state index in [0.29, 0.717) is 44.5 Å². The number of aromatic nitrogens is 1. The maximum absolute atomic E-state index is 12.6. The second kappa shape index (κ2) is 8.03. The molecule has 5 nitrogen and oxygen atoms in total. The molecular formula is C17H25F3N4O. The Kier molecular flexibility index (Phi) is 6.26. The zero-order valence-electron chi connectivity index (χ0n) is 14.8. The summed E-state index contributed by atoms with van der Waals surface area (Å²) >= 11 is 0. The number of pyridine rings is 1. The van der Waals surface area contributed by atoms with E-state index in [9.17, 15) is 18.0 Å². The van der Waals surface area contributed by atoms with Crippen molar-refractivity contribution in [1.29, 1.82) is 0 Å². The van der Waals surface area contributed by atoms with Crippen LogP contribution in [0.25, 0.3) is 0 Å². The van der Waals surface area contributed by atoms with E-state index in [0.717, 1.165) is 12.3 Å². The van der Waals surface area contributed by atoms with Gasteiger partial charge in [0.2, 0.25) is 5.91 Å². The number of alkyl halides is 3. The average Bonchev–Trinajstić information content (AvgIpc) is 2.54. The third-order valence-electron chi connectivity index (χ3n) is 4.53. The lowest BCUT2D eigenvalue weighted by atomic mass is 10.1. The SMILES string of the molecule is CC(C)[C@@H](C)NC(=O)CN1CCN(c2ccc(C(F)(F)F)cn2)CC1. The van der Waals surface area contributed by atoms with E-state index >= 15 is 0 Å². The molecule has 25 heavy (non-hydrogen) atoms. The normalized spacial score (nSPS) is 17.6. The lowest BCUT2D eigenvalue weighted by Gasteiger charge is -2.35. The summed E-state index contributed by atoms with van der Waals surface area (Å²) in [6.45, 7) is 9.04. The highest BCUT2D eigenvalue weighted by atomic mass is 19.4. The number of amides is 1. The van der Waals surface area contributed by atoms with Crippen molar-refractivity contribution in [2.75, 3.05) is 37.6 Å². The van der Waals surface area contributed by atoms with Gasteiger partial charge >= 0.3 is 6.18 Å². The summed E-state index contributed by atoms with van der Waals surface area (Å²) in [6, 6.07) is 2.58. The van der Waals surface area contributed by atoms with Crippen molar-refractivity contribution >= 4 is 11.7 Å². The Morgan fingerprint density at radius 3 is 2.32 bits per heavy atom. The molecule has 0 spiro atoms. The van der Waals surface area contributed by atoms with Crippen LogP contribution in [0, 0.1) is 5.92 Å². The van der Waals surface area contributed by atoms with Crippen molar-refractivity contribution < 1.29 is 18.0 Å². The first-order chi connectivity index (χ1) is 11.7. The van der Waals surface area contributed by atoms with Gasteiger partial charge in [0.15, 0.2) is 0 Å². The summed E-state index contributed by atoms with van der Waals surface area (Å²) in [5.74, 6) is 0.916. The third kappa shape index (κ3) is 5.59. The van der Waals surface area contributed by atoms with Crippen LogP contribution in [-0.2, 0) is 11.0 Å². The summed E-state index contributed by atoms with van der Waals surface area (Å²) in [5.41, 5.74) is -0.745. The van der Waals surface area contributed by atoms with Gasteiger partial charge < -0.3 is 10.2 Å². The molecule has 2 heterocycles. The van der Waals surface area contributed by atoms with Gasteiger partial charge in [-0.2, -0.15) is 13.2 Å². The molecule has 0 aliphatic carbocycles. The van der Waals surface area contributed by atoms with E-state index in [1.54, 1.807) is 0 Å². The fraction of sp³-hybridized carbons (Fsp3) is 0.647. The summed E-state index contributed by atoms with van der Waals surface area (Å²) in [5, 5.41) is 2.98. The molecule has 1 N–H and O–H groups in total. The number of nitrogens with zero attached hydrogens (tertiary/aromatic N) is 3. The monoisotopic (exact) mass is 358 g/mol. The smallest absolute Gasteiger partial charge is 0.354 e. The summed E-state index contributed by atoms with van der Waals surface area (Å²) in [4.78, 5) is 19.9. The number of hydrogen-bond acceptors (Lipinski definition) is 4. The highest BCUT2D eigenvalue weighted by Gasteiger charge is 2.31. The minimum Gasteiger partial charge on any atom is -0.354 e. The number of rotatable bonds is 5. The van der Waals surface area contributed by atoms with Gasteiger partial charge in [-0.3, -0.25) is 9.69 Å². The van der Waals surface area contributed by atoms with Crippen molar-refractivity contribution in [2.45, 2.75) is 33.0 Å². The zero-order valence-corrected chi connectivity index (χ0v) is 14.8. The lowest BCUT2D eigenvalue weighted by Crippen LogP contribution is -2.51. The van der Waals surface area contributed by atoms with E-state index in [1.165, 1.54) is 6.07 Å². The Bertz CT molecular complexity index is 566. The Balaban J connectivity index is 1.82. The zero-order chi connectivity index (χ0) is 18.6. The van der Waals surface area contributed by atoms with E-state index in [-0.39, 0.29) is 11.9 Å². The summed E-state index contributed by atoms with van der Waals surface area (Å²) in [7, 11) is 0. The van der Waals surface area contributed by atoms with Crippen molar-refractivity contribution in [1.82, 2.24) is 15.2 Å². The van der Waals surface area contributed by atoms with Crippen LogP contribution in [0.2, 0.25) is 0 Å². The van der Waals surface area contributed by atoms with Gasteiger partial charge in [0.25, 0.3) is 0 Å². The quantitative estimate of drug-likeness (QED) is 0.878. The molecule has 1 amide bonds. The second-order valence-corrected chi connectivity index (χ2v) is 6.77. The van der Waals surface area contributed by atoms with Crippen LogP contribution in [-0.4, -0.2) is 54.6 Å². The van der Waals surface area contributed by atoms with Crippen molar-refractivity contribution in [3.05, 3.63) is 23.9 Å². The molecule has 0 bridgehead atoms. The van der Waals surface area contributed by atoms with Crippen molar-refractivity contribution in [2.24, 2.45) is 5.92 Å². The molecule has 1 fully saturated rings. The first kappa shape index (κ1) is 19.5. The number of carbonyl (C=O) groups excluding carboxylic acids is 1. The molecule has 1 saturated heterocycles. The molecular weight excluding hydrogens is 333 g/mol. The van der Waals surface area contributed by atoms with Crippen LogP contribution in [0.4, 0.5) is 19.0 Å². The highest BCUT2D eigenvalue weighted by molar-refractivity contribution is 5.78. The van der Waals surface area contributed by atoms with Crippen LogP contribution in [0.15, 0.2) is 18.3 Å². The Morgan fingerprint density at radius 2 is 1.84 bits per heavy atom. The van der Waals surface area contributed by atoms with Gasteiger partial charge in [-0.25, -0.2) is 4.98 Å². The maximum Gasteiger partial charge on any atom is 0.417 e. The van der Waals surface area contributed by atoms with Gasteiger partial charge in [-0.15, -0.1) is 0 Å². The number of carbonyl (C=O) groups is 1. The van der Waals surface area contributed by atoms with E-state index < -0.39 is 11.7 Å². The van der Waals surface area contributed by atoms with Crippen LogP contribution in [0.1, 0.15) is 26.3 Å². The largest absolute Gasteiger partial charge is 0.417 e. The highest BCUT2D eigenvalue weighted by Crippen LogP contribution is 2.29. The maximum atomic E-state index is 12.6. The molecule has 140 valence electrons. The third-order valence-corrected chi connectivity index (χ3v) is 4.53. The van der Waals surface area contributed by atoms with Gasteiger partial charge in [-0.1, -0.05) is 13.8 Å². The van der Waals surface area contributed by atoms with E-state index in [2.05, 4.69) is 24.1 Å². The Hall–Kier alpha value is -1.83. The average molecular weight is 358 g/mol. The first-order valence-corrected chi connectivity index (χ1v) is 8.46. The minimum absolute atomic E-state index is 0.00213. The lowest BCUT2D eigenvalue weighted by molar-refractivity contribution is -0.137. The molecule has 0 saturated carbocycles. The van der Waals surface area contributed by atoms with Crippen LogP contribution in [0.5, 0.6) is 0 Å². The fourth-order valence-electron chi connectivity index (χ4n) is 2.55. The van der Waals surface area contributed by atoms with Gasteiger partial charge in [0, 0.05) is 38.4 Å². The van der Waals surface area contributed by atoms with E-state index in [4.69, 9.17) is 0 Å². The first-order valence-electron chi connectivity index (χ1n) is 8.46. The number of piperazine rings is 1. The van der Waals surface area contributed by atoms with Crippen molar-refractivity contribution in [3.8, 4) is 0 Å². The summed E-state index contributed by atoms with van der Waals surface area (Å²) < 4.78 is 37.7. The molecule has 1 aliphatic heterocycles. The van der Waals surface area contributed by atoms with Crippen LogP contribution >= 0.6 is 0 Å². The molecule has 1 aromatic heterocycles. The second-order valence-electron chi connectivity index (χ2n) is 6.77.